The van der Waals surface area contributed by atoms with Crippen molar-refractivity contribution in [2.75, 3.05) is 19.0 Å². The monoisotopic (exact) mass is 482 g/mol. The zero-order chi connectivity index (χ0) is 23.9. The Morgan fingerprint density at radius 3 is 2.76 bits per heavy atom. The molecule has 5 rings (SSSR count). The van der Waals surface area contributed by atoms with E-state index in [1.807, 2.05) is 10.6 Å². The lowest BCUT2D eigenvalue weighted by Gasteiger charge is -2.40. The van der Waals surface area contributed by atoms with E-state index in [1.165, 1.54) is 17.3 Å². The van der Waals surface area contributed by atoms with Crippen LogP contribution < -0.4 is 5.56 Å². The number of hydrogen-bond acceptors (Lipinski definition) is 6. The van der Waals surface area contributed by atoms with Crippen molar-refractivity contribution in [3.05, 3.63) is 45.7 Å². The molecular formula is C27H34N2O4S. The second-order valence-electron chi connectivity index (χ2n) is 10.5. The Morgan fingerprint density at radius 1 is 1.26 bits per heavy atom. The Bertz CT molecular complexity index is 1150. The van der Waals surface area contributed by atoms with Crippen LogP contribution in [0.1, 0.15) is 76.5 Å². The van der Waals surface area contributed by atoms with Crippen molar-refractivity contribution in [2.24, 2.45) is 0 Å². The number of aromatic nitrogens is 2. The second-order valence-corrected chi connectivity index (χ2v) is 11.4. The topological polar surface area (TPSA) is 70.4 Å². The standard InChI is InChI=1S/C27H34N2O4S/c1-4-32-21(30)17-34-25-28-23-20-10-6-5-9-18(20)15-27(12-7-8-13-27)22(23)24(31)29(25)19-11-14-33-26(2,3)16-19/h5-6,9-10,19H,4,7-8,11-17H2,1-3H3/t19-/m0/s1. The first kappa shape index (κ1) is 23.6. The van der Waals surface area contributed by atoms with Gasteiger partial charge in [0.05, 0.1) is 29.2 Å². The molecule has 34 heavy (non-hydrogen) atoms. The number of hydrogen-bond donors (Lipinski definition) is 0. The Balaban J connectivity index is 1.69. The van der Waals surface area contributed by atoms with Gasteiger partial charge in [-0.1, -0.05) is 48.9 Å². The van der Waals surface area contributed by atoms with Crippen LogP contribution in [0.5, 0.6) is 0 Å². The van der Waals surface area contributed by atoms with Crippen molar-refractivity contribution < 1.29 is 14.3 Å². The van der Waals surface area contributed by atoms with E-state index in [2.05, 4.69) is 32.0 Å². The van der Waals surface area contributed by atoms with E-state index in [4.69, 9.17) is 14.5 Å². The third kappa shape index (κ3) is 4.22. The smallest absolute Gasteiger partial charge is 0.316 e. The third-order valence-electron chi connectivity index (χ3n) is 7.64. The number of nitrogens with zero attached hydrogens (tertiary/aromatic N) is 2. The predicted molar refractivity (Wildman–Crippen MR) is 133 cm³/mol. The maximum absolute atomic E-state index is 14.4. The molecule has 0 amide bonds. The van der Waals surface area contributed by atoms with Gasteiger partial charge in [-0.2, -0.15) is 0 Å². The molecule has 182 valence electrons. The van der Waals surface area contributed by atoms with Crippen LogP contribution in [-0.4, -0.2) is 40.1 Å². The summed E-state index contributed by atoms with van der Waals surface area (Å²) >= 11 is 1.32. The van der Waals surface area contributed by atoms with Crippen molar-refractivity contribution in [1.82, 2.24) is 9.55 Å². The first-order valence-electron chi connectivity index (χ1n) is 12.5. The number of carbonyl (C=O) groups excluding carboxylic acids is 1. The third-order valence-corrected chi connectivity index (χ3v) is 8.56. The lowest BCUT2D eigenvalue weighted by molar-refractivity contribution is -0.139. The molecule has 2 aromatic rings. The van der Waals surface area contributed by atoms with E-state index in [0.717, 1.165) is 61.8 Å². The van der Waals surface area contributed by atoms with Crippen LogP contribution >= 0.6 is 11.8 Å². The summed E-state index contributed by atoms with van der Waals surface area (Å²) in [5, 5.41) is 0.615. The van der Waals surface area contributed by atoms with Gasteiger partial charge in [-0.25, -0.2) is 4.98 Å². The van der Waals surface area contributed by atoms with Gasteiger partial charge in [-0.3, -0.25) is 14.2 Å². The average molecular weight is 483 g/mol. The summed E-state index contributed by atoms with van der Waals surface area (Å²) in [6.07, 6.45) is 6.75. The normalized spacial score (nSPS) is 22.3. The van der Waals surface area contributed by atoms with Crippen molar-refractivity contribution in [3.8, 4) is 11.3 Å². The molecule has 2 fully saturated rings. The van der Waals surface area contributed by atoms with E-state index in [1.54, 1.807) is 6.92 Å². The molecule has 0 unspecified atom stereocenters. The number of fused-ring (bicyclic) bond motifs is 4. The minimum absolute atomic E-state index is 0.00521. The molecule has 0 bridgehead atoms. The Labute approximate surface area is 205 Å². The van der Waals surface area contributed by atoms with E-state index < -0.39 is 0 Å². The van der Waals surface area contributed by atoms with Crippen LogP contribution in [0.2, 0.25) is 0 Å². The van der Waals surface area contributed by atoms with Gasteiger partial charge in [0.25, 0.3) is 5.56 Å². The zero-order valence-corrected chi connectivity index (χ0v) is 21.2. The zero-order valence-electron chi connectivity index (χ0n) is 20.4. The average Bonchev–Trinajstić information content (AvgIpc) is 3.25. The molecule has 3 aliphatic rings. The number of carbonyl (C=O) groups is 1. The molecule has 6 nitrogen and oxygen atoms in total. The number of thioether (sulfide) groups is 1. The minimum atomic E-state index is -0.307. The number of ether oxygens (including phenoxy) is 2. The van der Waals surface area contributed by atoms with Crippen LogP contribution in [0.25, 0.3) is 11.3 Å². The molecule has 1 aromatic carbocycles. The lowest BCUT2D eigenvalue weighted by atomic mass is 9.68. The lowest BCUT2D eigenvalue weighted by Crippen LogP contribution is -2.44. The SMILES string of the molecule is CCOC(=O)CSc1nc2c(c(=O)n1[C@H]1CCOC(C)(C)C1)C1(CCCC1)Cc1ccccc1-2. The van der Waals surface area contributed by atoms with Gasteiger partial charge in [-0.05, 0) is 58.4 Å². The summed E-state index contributed by atoms with van der Waals surface area (Å²) in [5.74, 6) is -0.149. The molecular weight excluding hydrogens is 448 g/mol. The van der Waals surface area contributed by atoms with Crippen molar-refractivity contribution in [3.63, 3.8) is 0 Å². The molecule has 1 saturated carbocycles. The highest BCUT2D eigenvalue weighted by Gasteiger charge is 2.45. The van der Waals surface area contributed by atoms with Crippen LogP contribution in [0, 0.1) is 0 Å². The maximum atomic E-state index is 14.4. The van der Waals surface area contributed by atoms with Crippen molar-refractivity contribution >= 4 is 17.7 Å². The van der Waals surface area contributed by atoms with Gasteiger partial charge in [0.1, 0.15) is 0 Å². The van der Waals surface area contributed by atoms with Crippen LogP contribution in [-0.2, 0) is 26.1 Å². The molecule has 1 atom stereocenters. The highest BCUT2D eigenvalue weighted by molar-refractivity contribution is 7.99. The van der Waals surface area contributed by atoms with Crippen molar-refractivity contribution in [1.29, 1.82) is 0 Å². The summed E-state index contributed by atoms with van der Waals surface area (Å²) in [6.45, 7) is 6.91. The Kier molecular flexibility index (Phi) is 6.36. The van der Waals surface area contributed by atoms with Gasteiger partial charge in [0.15, 0.2) is 5.16 Å². The minimum Gasteiger partial charge on any atom is -0.465 e. The largest absolute Gasteiger partial charge is 0.465 e. The van der Waals surface area contributed by atoms with Gasteiger partial charge in [0.2, 0.25) is 0 Å². The summed E-state index contributed by atoms with van der Waals surface area (Å²) in [4.78, 5) is 31.8. The summed E-state index contributed by atoms with van der Waals surface area (Å²) < 4.78 is 13.0. The van der Waals surface area contributed by atoms with Gasteiger partial charge < -0.3 is 9.47 Å². The fourth-order valence-electron chi connectivity index (χ4n) is 6.19. The molecule has 7 heteroatoms. The molecule has 1 aromatic heterocycles. The summed E-state index contributed by atoms with van der Waals surface area (Å²) in [6, 6.07) is 8.36. The molecule has 2 heterocycles. The van der Waals surface area contributed by atoms with E-state index in [9.17, 15) is 9.59 Å². The number of esters is 1. The Hall–Kier alpha value is -2.12. The second kappa shape index (κ2) is 9.15. The number of benzene rings is 1. The molecule has 0 N–H and O–H groups in total. The fraction of sp³-hybridized carbons (Fsp3) is 0.593. The van der Waals surface area contributed by atoms with Crippen LogP contribution in [0.4, 0.5) is 0 Å². The predicted octanol–water partition coefficient (Wildman–Crippen LogP) is 5.06. The number of rotatable bonds is 5. The van der Waals surface area contributed by atoms with Crippen LogP contribution in [0.15, 0.2) is 34.2 Å². The first-order chi connectivity index (χ1) is 16.3. The molecule has 1 spiro atoms. The molecule has 0 radical (unpaired) electrons. The van der Waals surface area contributed by atoms with Gasteiger partial charge >= 0.3 is 5.97 Å². The van der Waals surface area contributed by atoms with Gasteiger partial charge in [0, 0.05) is 23.6 Å². The highest BCUT2D eigenvalue weighted by Crippen LogP contribution is 2.50. The van der Waals surface area contributed by atoms with E-state index in [-0.39, 0.29) is 34.3 Å². The molecule has 1 saturated heterocycles. The highest BCUT2D eigenvalue weighted by atomic mass is 32.2. The summed E-state index contributed by atoms with van der Waals surface area (Å²) in [7, 11) is 0. The Morgan fingerprint density at radius 2 is 2.03 bits per heavy atom. The molecule has 2 aliphatic carbocycles. The summed E-state index contributed by atoms with van der Waals surface area (Å²) in [5.41, 5.74) is 3.69. The van der Waals surface area contributed by atoms with E-state index >= 15 is 0 Å². The van der Waals surface area contributed by atoms with Crippen LogP contribution in [0.3, 0.4) is 0 Å². The van der Waals surface area contributed by atoms with Gasteiger partial charge in [-0.15, -0.1) is 0 Å². The molecule has 1 aliphatic heterocycles. The van der Waals surface area contributed by atoms with Crippen molar-refractivity contribution in [2.45, 2.75) is 87.9 Å². The first-order valence-corrected chi connectivity index (χ1v) is 13.5. The maximum Gasteiger partial charge on any atom is 0.316 e. The fourth-order valence-corrected chi connectivity index (χ4v) is 7.05. The van der Waals surface area contributed by atoms with E-state index in [0.29, 0.717) is 18.4 Å². The quantitative estimate of drug-likeness (QED) is 0.337.